The normalized spacial score (nSPS) is 10.1. The van der Waals surface area contributed by atoms with Gasteiger partial charge in [0.05, 0.1) is 13.1 Å². The van der Waals surface area contributed by atoms with Crippen LogP contribution in [0.5, 0.6) is 5.75 Å². The van der Waals surface area contributed by atoms with Crippen molar-refractivity contribution in [1.82, 2.24) is 10.6 Å². The third-order valence-electron chi connectivity index (χ3n) is 2.78. The Bertz CT molecular complexity index is 540. The first-order valence-corrected chi connectivity index (χ1v) is 7.36. The van der Waals surface area contributed by atoms with Crippen LogP contribution >= 0.6 is 11.3 Å². The van der Waals surface area contributed by atoms with Gasteiger partial charge in [0, 0.05) is 4.88 Å². The highest BCUT2D eigenvalue weighted by Crippen LogP contribution is 2.14. The van der Waals surface area contributed by atoms with Crippen LogP contribution < -0.4 is 15.4 Å². The standard InChI is InChI=1S/C15H18N2O2S/c1-12-7-10-20-14(12)11-17-15(18)16-8-9-19-13-5-3-2-4-6-13/h2-7,10H,8-9,11H2,1H3,(H2,16,17,18). The lowest BCUT2D eigenvalue weighted by molar-refractivity contribution is 0.236. The fraction of sp³-hybridized carbons (Fsp3) is 0.267. The van der Waals surface area contributed by atoms with Gasteiger partial charge in [-0.2, -0.15) is 0 Å². The van der Waals surface area contributed by atoms with Crippen LogP contribution in [-0.4, -0.2) is 19.2 Å². The van der Waals surface area contributed by atoms with Crippen molar-refractivity contribution in [2.45, 2.75) is 13.5 Å². The van der Waals surface area contributed by atoms with Gasteiger partial charge in [-0.05, 0) is 36.1 Å². The number of amides is 2. The molecule has 0 spiro atoms. The highest BCUT2D eigenvalue weighted by Gasteiger charge is 2.03. The second-order valence-corrected chi connectivity index (χ2v) is 5.30. The number of thiophene rings is 1. The number of hydrogen-bond acceptors (Lipinski definition) is 3. The van der Waals surface area contributed by atoms with Gasteiger partial charge in [0.2, 0.25) is 0 Å². The van der Waals surface area contributed by atoms with Crippen molar-refractivity contribution < 1.29 is 9.53 Å². The van der Waals surface area contributed by atoms with Crippen LogP contribution in [-0.2, 0) is 6.54 Å². The van der Waals surface area contributed by atoms with E-state index in [1.165, 1.54) is 10.4 Å². The Morgan fingerprint density at radius 1 is 1.20 bits per heavy atom. The number of rotatable bonds is 6. The third kappa shape index (κ3) is 4.59. The van der Waals surface area contributed by atoms with E-state index in [1.807, 2.05) is 48.7 Å². The minimum absolute atomic E-state index is 0.172. The Kier molecular flexibility index (Phi) is 5.43. The number of para-hydroxylation sites is 1. The zero-order valence-electron chi connectivity index (χ0n) is 11.4. The Balaban J connectivity index is 1.60. The summed E-state index contributed by atoms with van der Waals surface area (Å²) in [6.07, 6.45) is 0. The first-order chi connectivity index (χ1) is 9.75. The fourth-order valence-electron chi connectivity index (χ4n) is 1.66. The molecular weight excluding hydrogens is 272 g/mol. The van der Waals surface area contributed by atoms with Crippen molar-refractivity contribution in [2.24, 2.45) is 0 Å². The first-order valence-electron chi connectivity index (χ1n) is 6.48. The largest absolute Gasteiger partial charge is 0.492 e. The van der Waals surface area contributed by atoms with Crippen LogP contribution in [0.2, 0.25) is 0 Å². The van der Waals surface area contributed by atoms with Crippen molar-refractivity contribution in [3.8, 4) is 5.75 Å². The maximum atomic E-state index is 11.6. The van der Waals surface area contributed by atoms with Gasteiger partial charge in [0.25, 0.3) is 0 Å². The van der Waals surface area contributed by atoms with Crippen molar-refractivity contribution in [2.75, 3.05) is 13.2 Å². The highest BCUT2D eigenvalue weighted by atomic mass is 32.1. The molecule has 0 aliphatic carbocycles. The van der Waals surface area contributed by atoms with Gasteiger partial charge in [-0.3, -0.25) is 0 Å². The van der Waals surface area contributed by atoms with Gasteiger partial charge in [-0.1, -0.05) is 18.2 Å². The van der Waals surface area contributed by atoms with Gasteiger partial charge < -0.3 is 15.4 Å². The molecule has 0 unspecified atom stereocenters. The van der Waals surface area contributed by atoms with Gasteiger partial charge >= 0.3 is 6.03 Å². The van der Waals surface area contributed by atoms with E-state index in [9.17, 15) is 4.79 Å². The van der Waals surface area contributed by atoms with Gasteiger partial charge in [0.15, 0.2) is 0 Å². The van der Waals surface area contributed by atoms with Crippen LogP contribution in [0.4, 0.5) is 4.79 Å². The molecule has 0 fully saturated rings. The molecule has 2 aromatic rings. The van der Waals surface area contributed by atoms with E-state index < -0.39 is 0 Å². The van der Waals surface area contributed by atoms with Crippen molar-refractivity contribution in [3.63, 3.8) is 0 Å². The van der Waals surface area contributed by atoms with Gasteiger partial charge in [-0.25, -0.2) is 4.79 Å². The van der Waals surface area contributed by atoms with Crippen LogP contribution in [0.25, 0.3) is 0 Å². The smallest absolute Gasteiger partial charge is 0.315 e. The molecule has 5 heteroatoms. The number of nitrogens with one attached hydrogen (secondary N) is 2. The zero-order chi connectivity index (χ0) is 14.2. The molecule has 20 heavy (non-hydrogen) atoms. The van der Waals surface area contributed by atoms with Crippen molar-refractivity contribution >= 4 is 17.4 Å². The molecule has 2 N–H and O–H groups in total. The Labute approximate surface area is 122 Å². The number of carbonyl (C=O) groups is 1. The monoisotopic (exact) mass is 290 g/mol. The van der Waals surface area contributed by atoms with Crippen molar-refractivity contribution in [3.05, 3.63) is 52.2 Å². The van der Waals surface area contributed by atoms with E-state index in [1.54, 1.807) is 11.3 Å². The average molecular weight is 290 g/mol. The minimum atomic E-state index is -0.172. The summed E-state index contributed by atoms with van der Waals surface area (Å²) in [5.41, 5.74) is 1.21. The Morgan fingerprint density at radius 2 is 2.00 bits per heavy atom. The van der Waals surface area contributed by atoms with E-state index in [-0.39, 0.29) is 6.03 Å². The summed E-state index contributed by atoms with van der Waals surface area (Å²) in [5.74, 6) is 0.809. The second-order valence-electron chi connectivity index (χ2n) is 4.30. The summed E-state index contributed by atoms with van der Waals surface area (Å²) in [5, 5.41) is 7.62. The third-order valence-corrected chi connectivity index (χ3v) is 3.80. The summed E-state index contributed by atoms with van der Waals surface area (Å²) in [6.45, 7) is 3.54. The maximum absolute atomic E-state index is 11.6. The molecule has 0 saturated heterocycles. The van der Waals surface area contributed by atoms with E-state index in [0.29, 0.717) is 19.7 Å². The Hall–Kier alpha value is -2.01. The first kappa shape index (κ1) is 14.4. The summed E-state index contributed by atoms with van der Waals surface area (Å²) in [6, 6.07) is 11.4. The maximum Gasteiger partial charge on any atom is 0.315 e. The number of urea groups is 1. The lowest BCUT2D eigenvalue weighted by Crippen LogP contribution is -2.37. The molecule has 106 valence electrons. The van der Waals surface area contributed by atoms with Crippen molar-refractivity contribution in [1.29, 1.82) is 0 Å². The number of aryl methyl sites for hydroxylation is 1. The number of benzene rings is 1. The van der Waals surface area contributed by atoms with Crippen LogP contribution in [0, 0.1) is 6.92 Å². The zero-order valence-corrected chi connectivity index (χ0v) is 12.2. The quantitative estimate of drug-likeness (QED) is 0.804. The highest BCUT2D eigenvalue weighted by molar-refractivity contribution is 7.10. The number of ether oxygens (including phenoxy) is 1. The summed E-state index contributed by atoms with van der Waals surface area (Å²) >= 11 is 1.65. The molecule has 0 bridgehead atoms. The average Bonchev–Trinajstić information content (AvgIpc) is 2.88. The van der Waals surface area contributed by atoms with Gasteiger partial charge in [-0.15, -0.1) is 11.3 Å². The van der Waals surface area contributed by atoms with Crippen LogP contribution in [0.3, 0.4) is 0 Å². The van der Waals surface area contributed by atoms with Gasteiger partial charge in [0.1, 0.15) is 12.4 Å². The lowest BCUT2D eigenvalue weighted by atomic mass is 10.3. The molecule has 0 saturated carbocycles. The molecular formula is C15H18N2O2S. The number of hydrogen-bond donors (Lipinski definition) is 2. The molecule has 2 amide bonds. The van der Waals surface area contributed by atoms with E-state index in [4.69, 9.17) is 4.74 Å². The topological polar surface area (TPSA) is 50.4 Å². The molecule has 1 aromatic carbocycles. The SMILES string of the molecule is Cc1ccsc1CNC(=O)NCCOc1ccccc1. The Morgan fingerprint density at radius 3 is 2.70 bits per heavy atom. The van der Waals surface area contributed by atoms with Crippen LogP contribution in [0.1, 0.15) is 10.4 Å². The van der Waals surface area contributed by atoms with Crippen LogP contribution in [0.15, 0.2) is 41.8 Å². The predicted octanol–water partition coefficient (Wildman–Crippen LogP) is 2.93. The molecule has 1 aromatic heterocycles. The molecule has 2 rings (SSSR count). The summed E-state index contributed by atoms with van der Waals surface area (Å²) in [4.78, 5) is 12.8. The number of carbonyl (C=O) groups excluding carboxylic acids is 1. The van der Waals surface area contributed by atoms with E-state index in [0.717, 1.165) is 5.75 Å². The fourth-order valence-corrected chi connectivity index (χ4v) is 2.50. The molecule has 1 heterocycles. The molecule has 0 aliphatic heterocycles. The molecule has 0 atom stereocenters. The lowest BCUT2D eigenvalue weighted by Gasteiger charge is -2.08. The van der Waals surface area contributed by atoms with E-state index >= 15 is 0 Å². The molecule has 4 nitrogen and oxygen atoms in total. The minimum Gasteiger partial charge on any atom is -0.492 e. The summed E-state index contributed by atoms with van der Waals surface area (Å²) < 4.78 is 5.49. The van der Waals surface area contributed by atoms with E-state index in [2.05, 4.69) is 10.6 Å². The molecule has 0 radical (unpaired) electrons. The summed E-state index contributed by atoms with van der Waals surface area (Å²) in [7, 11) is 0. The molecule has 0 aliphatic rings. The predicted molar refractivity (Wildman–Crippen MR) is 81.2 cm³/mol. The second kappa shape index (κ2) is 7.55.